The van der Waals surface area contributed by atoms with Crippen LogP contribution < -0.4 is 5.63 Å². The van der Waals surface area contributed by atoms with Gasteiger partial charge in [-0.25, -0.2) is 4.79 Å². The molecule has 1 N–H and O–H groups in total. The van der Waals surface area contributed by atoms with Crippen LogP contribution in [0.5, 0.6) is 5.75 Å². The van der Waals surface area contributed by atoms with Gasteiger partial charge in [0.25, 0.3) is 0 Å². The molecule has 0 saturated carbocycles. The molecule has 5 heteroatoms. The zero-order chi connectivity index (χ0) is 24.4. The Bertz CT molecular complexity index is 1380. The summed E-state index contributed by atoms with van der Waals surface area (Å²) >= 11 is 0. The van der Waals surface area contributed by atoms with E-state index in [-0.39, 0.29) is 29.7 Å². The smallest absolute Gasteiger partial charge is 0.339 e. The van der Waals surface area contributed by atoms with Gasteiger partial charge in [0.2, 0.25) is 0 Å². The second-order valence-corrected chi connectivity index (χ2v) is 9.98. The molecule has 0 aliphatic carbocycles. The van der Waals surface area contributed by atoms with Crippen molar-refractivity contribution in [2.45, 2.75) is 58.5 Å². The highest BCUT2D eigenvalue weighted by Gasteiger charge is 2.25. The minimum atomic E-state index is -0.268. The molecule has 1 unspecified atom stereocenters. The number of aromatic hydroxyl groups is 1. The predicted molar refractivity (Wildman–Crippen MR) is 148 cm³/mol. The number of hydrogen-bond donors (Lipinski definition) is 1. The number of benzene rings is 3. The molecule has 0 bridgehead atoms. The van der Waals surface area contributed by atoms with Crippen molar-refractivity contribution in [1.29, 1.82) is 0 Å². The van der Waals surface area contributed by atoms with Gasteiger partial charge < -0.3 is 9.52 Å². The first kappa shape index (κ1) is 26.0. The number of rotatable bonds is 7. The van der Waals surface area contributed by atoms with Crippen LogP contribution in [0.3, 0.4) is 0 Å². The molecule has 4 nitrogen and oxygen atoms in total. The first-order chi connectivity index (χ1) is 17.0. The Morgan fingerprint density at radius 1 is 1.00 bits per heavy atom. The lowest BCUT2D eigenvalue weighted by atomic mass is 9.91. The number of halogens is 1. The largest absolute Gasteiger partial charge is 0.507 e. The van der Waals surface area contributed by atoms with Crippen LogP contribution in [-0.4, -0.2) is 16.6 Å². The standard InChI is InChI=1S/C31H33NO3.ClH/c1-21-11-13-23(14-12-21)10-6-7-22(2)25-17-28(33)30-27-20-32(19-24-8-4-3-5-9-24)16-15-26(27)31(34)35-29(30)18-25;/h3-5,8-9,11-14,17-18,22,33H,6-7,10,15-16,19-20H2,1-2H3;1H. The fourth-order valence-corrected chi connectivity index (χ4v) is 5.24. The van der Waals surface area contributed by atoms with E-state index in [1.54, 1.807) is 0 Å². The van der Waals surface area contributed by atoms with Gasteiger partial charge in [0.1, 0.15) is 11.3 Å². The van der Waals surface area contributed by atoms with Gasteiger partial charge in [-0.3, -0.25) is 4.90 Å². The third-order valence-corrected chi connectivity index (χ3v) is 7.32. The normalized spacial score (nSPS) is 14.3. The van der Waals surface area contributed by atoms with E-state index in [0.717, 1.165) is 43.5 Å². The van der Waals surface area contributed by atoms with Crippen LogP contribution in [0, 0.1) is 6.92 Å². The van der Waals surface area contributed by atoms with Gasteiger partial charge in [-0.05, 0) is 72.9 Å². The number of phenols is 1. The maximum Gasteiger partial charge on any atom is 0.339 e. The van der Waals surface area contributed by atoms with Crippen LogP contribution in [0.1, 0.15) is 59.1 Å². The van der Waals surface area contributed by atoms with Crippen molar-refractivity contribution >= 4 is 23.4 Å². The van der Waals surface area contributed by atoms with Crippen molar-refractivity contribution in [1.82, 2.24) is 4.90 Å². The Kier molecular flexibility index (Phi) is 8.17. The molecule has 1 atom stereocenters. The lowest BCUT2D eigenvalue weighted by Crippen LogP contribution is -2.33. The summed E-state index contributed by atoms with van der Waals surface area (Å²) in [5.41, 5.74) is 6.73. The first-order valence-electron chi connectivity index (χ1n) is 12.6. The monoisotopic (exact) mass is 503 g/mol. The van der Waals surface area contributed by atoms with Crippen molar-refractivity contribution in [2.24, 2.45) is 0 Å². The summed E-state index contributed by atoms with van der Waals surface area (Å²) in [5.74, 6) is 0.469. The third-order valence-electron chi connectivity index (χ3n) is 7.32. The van der Waals surface area contributed by atoms with Crippen molar-refractivity contribution < 1.29 is 9.52 Å². The fourth-order valence-electron chi connectivity index (χ4n) is 5.24. The summed E-state index contributed by atoms with van der Waals surface area (Å²) in [4.78, 5) is 15.2. The van der Waals surface area contributed by atoms with Crippen LogP contribution in [-0.2, 0) is 25.9 Å². The lowest BCUT2D eigenvalue weighted by molar-refractivity contribution is 0.243. The maximum absolute atomic E-state index is 12.8. The molecule has 0 spiro atoms. The van der Waals surface area contributed by atoms with Crippen LogP contribution >= 0.6 is 12.4 Å². The second-order valence-electron chi connectivity index (χ2n) is 9.98. The second kappa shape index (κ2) is 11.3. The number of hydrogen-bond acceptors (Lipinski definition) is 4. The lowest BCUT2D eigenvalue weighted by Gasteiger charge is -2.29. The minimum absolute atomic E-state index is 0. The first-order valence-corrected chi connectivity index (χ1v) is 12.6. The van der Waals surface area contributed by atoms with Gasteiger partial charge in [-0.15, -0.1) is 12.4 Å². The molecular formula is C31H34ClNO3. The molecule has 5 rings (SSSR count). The molecular weight excluding hydrogens is 470 g/mol. The van der Waals surface area contributed by atoms with Gasteiger partial charge in [0.15, 0.2) is 0 Å². The third kappa shape index (κ3) is 5.66. The number of aryl methyl sites for hydroxylation is 2. The number of phenolic OH excluding ortho intramolecular Hbond substituents is 1. The van der Waals surface area contributed by atoms with Crippen LogP contribution in [0.25, 0.3) is 11.0 Å². The van der Waals surface area contributed by atoms with Gasteiger partial charge in [0, 0.05) is 25.2 Å². The summed E-state index contributed by atoms with van der Waals surface area (Å²) in [6, 6.07) is 22.9. The highest BCUT2D eigenvalue weighted by Crippen LogP contribution is 2.36. The SMILES string of the molecule is Cc1ccc(CCCC(C)c2cc(O)c3c4c(c(=O)oc3c2)CCN(Cc2ccccc2)C4)cc1.Cl. The zero-order valence-corrected chi connectivity index (χ0v) is 21.8. The summed E-state index contributed by atoms with van der Waals surface area (Å²) in [7, 11) is 0. The predicted octanol–water partition coefficient (Wildman–Crippen LogP) is 6.91. The van der Waals surface area contributed by atoms with Gasteiger partial charge in [-0.1, -0.05) is 67.1 Å². The van der Waals surface area contributed by atoms with Gasteiger partial charge >= 0.3 is 5.63 Å². The molecule has 4 aromatic rings. The molecule has 0 saturated heterocycles. The van der Waals surface area contributed by atoms with E-state index in [1.807, 2.05) is 30.3 Å². The van der Waals surface area contributed by atoms with Gasteiger partial charge in [-0.2, -0.15) is 0 Å². The Hall–Kier alpha value is -3.08. The molecule has 0 fully saturated rings. The van der Waals surface area contributed by atoms with Crippen LogP contribution in [0.15, 0.2) is 75.9 Å². The molecule has 36 heavy (non-hydrogen) atoms. The fraction of sp³-hybridized carbons (Fsp3) is 0.323. The Morgan fingerprint density at radius 3 is 2.50 bits per heavy atom. The zero-order valence-electron chi connectivity index (χ0n) is 21.0. The maximum atomic E-state index is 12.8. The topological polar surface area (TPSA) is 53.7 Å². The molecule has 2 heterocycles. The van der Waals surface area contributed by atoms with E-state index in [1.165, 1.54) is 16.7 Å². The highest BCUT2D eigenvalue weighted by molar-refractivity contribution is 5.88. The van der Waals surface area contributed by atoms with E-state index in [0.29, 0.717) is 29.5 Å². The van der Waals surface area contributed by atoms with Crippen molar-refractivity contribution in [2.75, 3.05) is 6.54 Å². The van der Waals surface area contributed by atoms with E-state index in [2.05, 4.69) is 55.1 Å². The molecule has 188 valence electrons. The molecule has 0 amide bonds. The average molecular weight is 504 g/mol. The molecule has 1 aliphatic heterocycles. The Labute approximate surface area is 219 Å². The molecule has 1 aromatic heterocycles. The summed E-state index contributed by atoms with van der Waals surface area (Å²) in [6.45, 7) is 6.53. The molecule has 1 aliphatic rings. The summed E-state index contributed by atoms with van der Waals surface area (Å²) in [6.07, 6.45) is 3.73. The highest BCUT2D eigenvalue weighted by atomic mass is 35.5. The van der Waals surface area contributed by atoms with E-state index in [4.69, 9.17) is 4.42 Å². The van der Waals surface area contributed by atoms with E-state index in [9.17, 15) is 9.90 Å². The van der Waals surface area contributed by atoms with Crippen molar-refractivity contribution in [3.63, 3.8) is 0 Å². The Morgan fingerprint density at radius 2 is 1.75 bits per heavy atom. The van der Waals surface area contributed by atoms with Crippen molar-refractivity contribution in [3.05, 3.63) is 111 Å². The van der Waals surface area contributed by atoms with Crippen molar-refractivity contribution in [3.8, 4) is 5.75 Å². The summed E-state index contributed by atoms with van der Waals surface area (Å²) < 4.78 is 5.74. The Balaban J connectivity index is 0.00000304. The van der Waals surface area contributed by atoms with E-state index < -0.39 is 0 Å². The quantitative estimate of drug-likeness (QED) is 0.278. The molecule has 3 aromatic carbocycles. The number of fused-ring (bicyclic) bond motifs is 3. The van der Waals surface area contributed by atoms with Crippen LogP contribution in [0.2, 0.25) is 0 Å². The summed E-state index contributed by atoms with van der Waals surface area (Å²) in [5, 5.41) is 11.8. The average Bonchev–Trinajstić information content (AvgIpc) is 2.85. The van der Waals surface area contributed by atoms with E-state index >= 15 is 0 Å². The minimum Gasteiger partial charge on any atom is -0.507 e. The van der Waals surface area contributed by atoms with Gasteiger partial charge in [0.05, 0.1) is 5.39 Å². The molecule has 0 radical (unpaired) electrons. The van der Waals surface area contributed by atoms with Crippen LogP contribution in [0.4, 0.5) is 0 Å². The number of nitrogens with zero attached hydrogens (tertiary/aromatic N) is 1.